The SMILES string of the molecule is CS(=O)(=O)OC1O[C@@H](COC(c2ccccc2)(c2ccccc2)c2ccccc2)CC1(F)F. The van der Waals surface area contributed by atoms with E-state index in [0.717, 1.165) is 16.7 Å². The predicted octanol–water partition coefficient (Wildman–Crippen LogP) is 4.72. The van der Waals surface area contributed by atoms with Gasteiger partial charge in [0.2, 0.25) is 6.29 Å². The van der Waals surface area contributed by atoms with Crippen LogP contribution in [0.1, 0.15) is 23.1 Å². The monoisotopic (exact) mass is 474 g/mol. The van der Waals surface area contributed by atoms with Gasteiger partial charge in [0.25, 0.3) is 10.1 Å². The van der Waals surface area contributed by atoms with Crippen molar-refractivity contribution in [2.75, 3.05) is 12.9 Å². The van der Waals surface area contributed by atoms with E-state index in [9.17, 15) is 17.2 Å². The van der Waals surface area contributed by atoms with Gasteiger partial charge in [0, 0.05) is 6.42 Å². The molecule has 1 unspecified atom stereocenters. The molecule has 5 nitrogen and oxygen atoms in total. The van der Waals surface area contributed by atoms with E-state index in [1.54, 1.807) is 0 Å². The van der Waals surface area contributed by atoms with Crippen LogP contribution >= 0.6 is 0 Å². The fourth-order valence-electron chi connectivity index (χ4n) is 4.06. The van der Waals surface area contributed by atoms with Gasteiger partial charge in [-0.1, -0.05) is 91.0 Å². The van der Waals surface area contributed by atoms with Crippen molar-refractivity contribution < 1.29 is 30.9 Å². The highest BCUT2D eigenvalue weighted by molar-refractivity contribution is 7.86. The second kappa shape index (κ2) is 9.30. The topological polar surface area (TPSA) is 61.8 Å². The third-order valence-electron chi connectivity index (χ3n) is 5.45. The first kappa shape index (κ1) is 23.5. The molecule has 1 heterocycles. The van der Waals surface area contributed by atoms with Gasteiger partial charge in [0.1, 0.15) is 5.60 Å². The van der Waals surface area contributed by atoms with Crippen molar-refractivity contribution in [2.45, 2.75) is 30.3 Å². The number of hydrogen-bond acceptors (Lipinski definition) is 5. The second-order valence-electron chi connectivity index (χ2n) is 7.95. The van der Waals surface area contributed by atoms with Crippen LogP contribution in [0, 0.1) is 0 Å². The molecule has 174 valence electrons. The Kier molecular flexibility index (Phi) is 6.63. The van der Waals surface area contributed by atoms with Gasteiger partial charge in [-0.25, -0.2) is 13.0 Å². The van der Waals surface area contributed by atoms with Gasteiger partial charge in [0.15, 0.2) is 0 Å². The average molecular weight is 475 g/mol. The van der Waals surface area contributed by atoms with E-state index >= 15 is 0 Å². The Morgan fingerprint density at radius 2 is 1.30 bits per heavy atom. The van der Waals surface area contributed by atoms with Crippen LogP contribution in [0.5, 0.6) is 0 Å². The molecule has 1 aliphatic heterocycles. The number of alkyl halides is 2. The molecule has 0 amide bonds. The zero-order valence-electron chi connectivity index (χ0n) is 17.9. The fourth-order valence-corrected chi connectivity index (χ4v) is 4.56. The van der Waals surface area contributed by atoms with E-state index in [4.69, 9.17) is 9.47 Å². The van der Waals surface area contributed by atoms with Crippen LogP contribution in [-0.4, -0.2) is 39.6 Å². The lowest BCUT2D eigenvalue weighted by molar-refractivity contribution is -0.175. The maximum atomic E-state index is 14.4. The van der Waals surface area contributed by atoms with Crippen molar-refractivity contribution in [1.82, 2.24) is 0 Å². The first-order chi connectivity index (χ1) is 15.7. The van der Waals surface area contributed by atoms with Crippen LogP contribution in [0.3, 0.4) is 0 Å². The predicted molar refractivity (Wildman–Crippen MR) is 119 cm³/mol. The van der Waals surface area contributed by atoms with Gasteiger partial charge < -0.3 is 9.47 Å². The molecule has 4 rings (SSSR count). The van der Waals surface area contributed by atoms with Crippen LogP contribution in [0.2, 0.25) is 0 Å². The second-order valence-corrected chi connectivity index (χ2v) is 9.55. The molecule has 0 radical (unpaired) electrons. The van der Waals surface area contributed by atoms with Crippen LogP contribution in [0.25, 0.3) is 0 Å². The summed E-state index contributed by atoms with van der Waals surface area (Å²) in [5.41, 5.74) is 1.35. The molecule has 33 heavy (non-hydrogen) atoms. The summed E-state index contributed by atoms with van der Waals surface area (Å²) in [5.74, 6) is -3.47. The maximum Gasteiger partial charge on any atom is 0.301 e. The van der Waals surface area contributed by atoms with Gasteiger partial charge in [-0.3, -0.25) is 0 Å². The highest BCUT2D eigenvalue weighted by atomic mass is 32.2. The zero-order chi connectivity index (χ0) is 23.5. The van der Waals surface area contributed by atoms with E-state index in [-0.39, 0.29) is 6.61 Å². The molecule has 0 aliphatic carbocycles. The van der Waals surface area contributed by atoms with Gasteiger partial charge in [0.05, 0.1) is 19.0 Å². The quantitative estimate of drug-likeness (QED) is 0.349. The van der Waals surface area contributed by atoms with Crippen LogP contribution in [0.4, 0.5) is 8.78 Å². The molecule has 2 atom stereocenters. The summed E-state index contributed by atoms with van der Waals surface area (Å²) in [4.78, 5) is 0. The lowest BCUT2D eigenvalue weighted by Crippen LogP contribution is -2.36. The summed E-state index contributed by atoms with van der Waals surface area (Å²) in [5, 5.41) is 0. The smallest absolute Gasteiger partial charge is 0.301 e. The summed E-state index contributed by atoms with van der Waals surface area (Å²) in [7, 11) is -4.12. The lowest BCUT2D eigenvalue weighted by Gasteiger charge is -2.36. The minimum Gasteiger partial charge on any atom is -0.358 e. The Bertz CT molecular complexity index is 1060. The summed E-state index contributed by atoms with van der Waals surface area (Å²) >= 11 is 0. The molecular weight excluding hydrogens is 450 g/mol. The summed E-state index contributed by atoms with van der Waals surface area (Å²) in [6.07, 6.45) is -3.26. The molecule has 0 spiro atoms. The van der Waals surface area contributed by atoms with Crippen LogP contribution < -0.4 is 0 Å². The third-order valence-corrected chi connectivity index (χ3v) is 5.97. The highest BCUT2D eigenvalue weighted by Crippen LogP contribution is 2.43. The first-order valence-corrected chi connectivity index (χ1v) is 12.2. The summed E-state index contributed by atoms with van der Waals surface area (Å²) in [6.45, 7) is -0.210. The minimum absolute atomic E-state index is 0.210. The van der Waals surface area contributed by atoms with Gasteiger partial charge in [-0.15, -0.1) is 0 Å². The summed E-state index contributed by atoms with van der Waals surface area (Å²) in [6, 6.07) is 28.5. The van der Waals surface area contributed by atoms with Crippen LogP contribution in [-0.2, 0) is 29.4 Å². The molecule has 1 fully saturated rings. The Morgan fingerprint density at radius 1 is 0.879 bits per heavy atom. The molecule has 3 aromatic rings. The van der Waals surface area contributed by atoms with E-state index in [2.05, 4.69) is 4.18 Å². The van der Waals surface area contributed by atoms with Crippen molar-refractivity contribution >= 4 is 10.1 Å². The largest absolute Gasteiger partial charge is 0.358 e. The van der Waals surface area contributed by atoms with Crippen molar-refractivity contribution in [1.29, 1.82) is 0 Å². The normalized spacial score (nSPS) is 20.6. The van der Waals surface area contributed by atoms with Gasteiger partial charge in [-0.05, 0) is 16.7 Å². The van der Waals surface area contributed by atoms with Crippen LogP contribution in [0.15, 0.2) is 91.0 Å². The zero-order valence-corrected chi connectivity index (χ0v) is 18.8. The van der Waals surface area contributed by atoms with Gasteiger partial charge >= 0.3 is 5.92 Å². The number of hydrogen-bond donors (Lipinski definition) is 0. The molecule has 0 N–H and O–H groups in total. The van der Waals surface area contributed by atoms with Crippen molar-refractivity contribution in [3.8, 4) is 0 Å². The molecule has 1 saturated heterocycles. The number of halogens is 2. The molecule has 8 heteroatoms. The lowest BCUT2D eigenvalue weighted by atomic mass is 9.80. The molecule has 0 bridgehead atoms. The van der Waals surface area contributed by atoms with Crippen molar-refractivity contribution in [3.63, 3.8) is 0 Å². The maximum absolute atomic E-state index is 14.4. The Labute approximate surface area is 192 Å². The molecule has 1 aliphatic rings. The Morgan fingerprint density at radius 3 is 1.70 bits per heavy atom. The molecule has 0 saturated carbocycles. The summed E-state index contributed by atoms with van der Waals surface area (Å²) < 4.78 is 67.8. The van der Waals surface area contributed by atoms with E-state index < -0.39 is 40.5 Å². The molecular formula is C25H24F2O5S. The number of rotatable bonds is 8. The van der Waals surface area contributed by atoms with Crippen molar-refractivity contribution in [3.05, 3.63) is 108 Å². The molecule has 3 aromatic carbocycles. The number of ether oxygens (including phenoxy) is 2. The van der Waals surface area contributed by atoms with E-state index in [1.165, 1.54) is 0 Å². The fraction of sp³-hybridized carbons (Fsp3) is 0.280. The van der Waals surface area contributed by atoms with Gasteiger partial charge in [-0.2, -0.15) is 8.42 Å². The van der Waals surface area contributed by atoms with E-state index in [0.29, 0.717) is 6.26 Å². The van der Waals surface area contributed by atoms with Crippen molar-refractivity contribution in [2.24, 2.45) is 0 Å². The Hall–Kier alpha value is -2.65. The number of benzene rings is 3. The molecule has 0 aromatic heterocycles. The first-order valence-electron chi connectivity index (χ1n) is 10.4. The Balaban J connectivity index is 1.71. The average Bonchev–Trinajstić information content (AvgIpc) is 3.08. The standard InChI is InChI=1S/C25H24F2O5S/c1-33(28,29)32-23-24(26,27)17-22(31-23)18-30-25(19-11-5-2-6-12-19,20-13-7-3-8-14-20)21-15-9-4-10-16-21/h2-16,22-23H,17-18H2,1H3/t22-,23?/m1/s1. The minimum atomic E-state index is -4.12. The highest BCUT2D eigenvalue weighted by Gasteiger charge is 2.53. The van der Waals surface area contributed by atoms with E-state index in [1.807, 2.05) is 91.0 Å². The third kappa shape index (κ3) is 5.14.